The van der Waals surface area contributed by atoms with Gasteiger partial charge in [-0.2, -0.15) is 0 Å². The van der Waals surface area contributed by atoms with E-state index < -0.39 is 16.4 Å². The van der Waals surface area contributed by atoms with Crippen molar-refractivity contribution >= 4 is 51.9 Å². The number of carbonyl (C=O) groups excluding carboxylic acids is 1. The molecule has 0 saturated carbocycles. The lowest BCUT2D eigenvalue weighted by Gasteiger charge is -2.08. The van der Waals surface area contributed by atoms with Crippen molar-refractivity contribution in [3.8, 4) is 11.5 Å². The number of likely N-dealkylation sites (N-methyl/N-ethyl adjacent to an activating group) is 1. The van der Waals surface area contributed by atoms with Crippen molar-refractivity contribution in [2.45, 2.75) is 6.92 Å². The largest absolute Gasteiger partial charge is 0.500 e. The lowest BCUT2D eigenvalue weighted by atomic mass is 10.1. The second kappa shape index (κ2) is 8.54. The molecule has 1 saturated heterocycles. The van der Waals surface area contributed by atoms with Gasteiger partial charge in [0.2, 0.25) is 5.75 Å². The molecule has 0 aromatic heterocycles. The lowest BCUT2D eigenvalue weighted by molar-refractivity contribution is -0.386. The van der Waals surface area contributed by atoms with Gasteiger partial charge in [0.05, 0.1) is 22.1 Å². The molecule has 2 aromatic carbocycles. The third-order valence-electron chi connectivity index (χ3n) is 3.93. The van der Waals surface area contributed by atoms with Crippen LogP contribution in [0.5, 0.6) is 11.5 Å². The number of ether oxygens (including phenoxy) is 1. The standard InChI is InChI=1S/C19H16ClN3O5S/c1-3-28-15-9-11(8-14(17(15)24)23(26)27)10-16-18(25)22(2)19(29-16)21-13-6-4-12(20)5-7-13/h4-10,24H,3H2,1-2H3/b16-10-,21-19?. The minimum absolute atomic E-state index is 0.0209. The number of nitro groups is 1. The van der Waals surface area contributed by atoms with E-state index in [-0.39, 0.29) is 18.3 Å². The van der Waals surface area contributed by atoms with E-state index in [1.807, 2.05) is 0 Å². The van der Waals surface area contributed by atoms with Crippen molar-refractivity contribution in [1.82, 2.24) is 4.90 Å². The van der Waals surface area contributed by atoms with Gasteiger partial charge in [-0.05, 0) is 60.7 Å². The lowest BCUT2D eigenvalue weighted by Crippen LogP contribution is -2.23. The maximum atomic E-state index is 12.6. The summed E-state index contributed by atoms with van der Waals surface area (Å²) in [5.41, 5.74) is 0.494. The van der Waals surface area contributed by atoms with Gasteiger partial charge in [0, 0.05) is 18.1 Å². The van der Waals surface area contributed by atoms with Gasteiger partial charge >= 0.3 is 5.69 Å². The van der Waals surface area contributed by atoms with E-state index in [4.69, 9.17) is 16.3 Å². The number of nitrogens with zero attached hydrogens (tertiary/aromatic N) is 3. The van der Waals surface area contributed by atoms with Crippen LogP contribution in [0.3, 0.4) is 0 Å². The van der Waals surface area contributed by atoms with Crippen LogP contribution in [-0.4, -0.2) is 39.7 Å². The summed E-state index contributed by atoms with van der Waals surface area (Å²) in [5.74, 6) is -0.865. The molecular formula is C19H16ClN3O5S. The zero-order chi connectivity index (χ0) is 21.1. The normalized spacial score (nSPS) is 16.7. The number of phenolic OH excluding ortho intramolecular Hbond substituents is 1. The number of rotatable bonds is 5. The number of phenols is 1. The molecule has 0 bridgehead atoms. The molecule has 2 aromatic rings. The predicted octanol–water partition coefficient (Wildman–Crippen LogP) is 4.59. The Kier molecular flexibility index (Phi) is 6.09. The first-order valence-electron chi connectivity index (χ1n) is 8.46. The molecule has 1 aliphatic rings. The number of amides is 1. The van der Waals surface area contributed by atoms with E-state index in [1.165, 1.54) is 23.1 Å². The quantitative estimate of drug-likeness (QED) is 0.420. The number of aromatic hydroxyl groups is 1. The fourth-order valence-corrected chi connectivity index (χ4v) is 3.64. The van der Waals surface area contributed by atoms with Crippen LogP contribution in [0.4, 0.5) is 11.4 Å². The zero-order valence-corrected chi connectivity index (χ0v) is 17.0. The molecule has 1 aliphatic heterocycles. The molecule has 1 heterocycles. The van der Waals surface area contributed by atoms with Crippen LogP contribution in [0.2, 0.25) is 5.02 Å². The molecule has 0 unspecified atom stereocenters. The third-order valence-corrected chi connectivity index (χ3v) is 5.24. The van der Waals surface area contributed by atoms with Gasteiger partial charge in [-0.15, -0.1) is 0 Å². The Balaban J connectivity index is 1.97. The average molecular weight is 434 g/mol. The zero-order valence-electron chi connectivity index (χ0n) is 15.5. The Bertz CT molecular complexity index is 1040. The van der Waals surface area contributed by atoms with E-state index in [2.05, 4.69) is 4.99 Å². The number of benzene rings is 2. The van der Waals surface area contributed by atoms with E-state index in [0.29, 0.717) is 26.3 Å². The summed E-state index contributed by atoms with van der Waals surface area (Å²) >= 11 is 7.01. The second-order valence-electron chi connectivity index (χ2n) is 5.92. The summed E-state index contributed by atoms with van der Waals surface area (Å²) in [6.45, 7) is 1.92. The van der Waals surface area contributed by atoms with Gasteiger partial charge in [0.15, 0.2) is 10.9 Å². The summed E-state index contributed by atoms with van der Waals surface area (Å²) in [5, 5.41) is 22.3. The predicted molar refractivity (Wildman–Crippen MR) is 113 cm³/mol. The smallest absolute Gasteiger partial charge is 0.315 e. The van der Waals surface area contributed by atoms with Gasteiger partial charge in [-0.1, -0.05) is 11.6 Å². The van der Waals surface area contributed by atoms with Crippen molar-refractivity contribution in [2.75, 3.05) is 13.7 Å². The molecule has 3 rings (SSSR count). The topological polar surface area (TPSA) is 105 Å². The summed E-state index contributed by atoms with van der Waals surface area (Å²) in [6.07, 6.45) is 1.50. The van der Waals surface area contributed by atoms with Crippen LogP contribution in [0.1, 0.15) is 12.5 Å². The highest BCUT2D eigenvalue weighted by Gasteiger charge is 2.31. The minimum Gasteiger partial charge on any atom is -0.500 e. The summed E-state index contributed by atoms with van der Waals surface area (Å²) < 4.78 is 5.27. The molecule has 150 valence electrons. The SMILES string of the molecule is CCOc1cc(/C=C2\SC(=Nc3ccc(Cl)cc3)N(C)C2=O)cc([N+](=O)[O-])c1O. The highest BCUT2D eigenvalue weighted by molar-refractivity contribution is 8.18. The van der Waals surface area contributed by atoms with Crippen molar-refractivity contribution in [2.24, 2.45) is 4.99 Å². The number of amidine groups is 1. The fourth-order valence-electron chi connectivity index (χ4n) is 2.53. The Hall–Kier alpha value is -3.04. The molecule has 1 fully saturated rings. The average Bonchev–Trinajstić information content (AvgIpc) is 2.94. The van der Waals surface area contributed by atoms with Crippen LogP contribution in [0.25, 0.3) is 6.08 Å². The van der Waals surface area contributed by atoms with Crippen molar-refractivity contribution < 1.29 is 19.6 Å². The first-order valence-corrected chi connectivity index (χ1v) is 9.65. The molecule has 10 heteroatoms. The van der Waals surface area contributed by atoms with Gasteiger partial charge in [0.25, 0.3) is 5.91 Å². The molecule has 0 atom stereocenters. The number of thioether (sulfide) groups is 1. The van der Waals surface area contributed by atoms with E-state index >= 15 is 0 Å². The minimum atomic E-state index is -0.705. The van der Waals surface area contributed by atoms with Crippen molar-refractivity contribution in [3.63, 3.8) is 0 Å². The molecule has 0 spiro atoms. The monoisotopic (exact) mass is 433 g/mol. The highest BCUT2D eigenvalue weighted by Crippen LogP contribution is 2.39. The fraction of sp³-hybridized carbons (Fsp3) is 0.158. The van der Waals surface area contributed by atoms with E-state index in [9.17, 15) is 20.0 Å². The number of hydrogen-bond acceptors (Lipinski definition) is 7. The van der Waals surface area contributed by atoms with Crippen molar-refractivity contribution in [1.29, 1.82) is 0 Å². The van der Waals surface area contributed by atoms with E-state index in [0.717, 1.165) is 11.8 Å². The number of aliphatic imine (C=N–C) groups is 1. The van der Waals surface area contributed by atoms with Crippen LogP contribution < -0.4 is 4.74 Å². The Morgan fingerprint density at radius 2 is 2.03 bits per heavy atom. The number of hydrogen-bond donors (Lipinski definition) is 1. The van der Waals surface area contributed by atoms with Gasteiger partial charge in [-0.25, -0.2) is 4.99 Å². The van der Waals surface area contributed by atoms with Gasteiger partial charge < -0.3 is 9.84 Å². The highest BCUT2D eigenvalue weighted by atomic mass is 35.5. The molecule has 8 nitrogen and oxygen atoms in total. The number of carbonyl (C=O) groups is 1. The first-order chi connectivity index (χ1) is 13.8. The Morgan fingerprint density at radius 3 is 2.66 bits per heavy atom. The van der Waals surface area contributed by atoms with Gasteiger partial charge in [-0.3, -0.25) is 19.8 Å². The van der Waals surface area contributed by atoms with Crippen LogP contribution in [-0.2, 0) is 4.79 Å². The molecular weight excluding hydrogens is 418 g/mol. The van der Waals surface area contributed by atoms with Gasteiger partial charge in [0.1, 0.15) is 0 Å². The second-order valence-corrected chi connectivity index (χ2v) is 7.37. The summed E-state index contributed by atoms with van der Waals surface area (Å²) in [7, 11) is 1.59. The summed E-state index contributed by atoms with van der Waals surface area (Å²) in [4.78, 5) is 29.3. The summed E-state index contributed by atoms with van der Waals surface area (Å²) in [6, 6.07) is 9.49. The molecule has 29 heavy (non-hydrogen) atoms. The molecule has 0 radical (unpaired) electrons. The maximum absolute atomic E-state index is 12.6. The maximum Gasteiger partial charge on any atom is 0.315 e. The third kappa shape index (κ3) is 4.52. The molecule has 1 amide bonds. The van der Waals surface area contributed by atoms with Crippen molar-refractivity contribution in [3.05, 3.63) is 62.0 Å². The number of halogens is 1. The molecule has 0 aliphatic carbocycles. The number of nitro benzene ring substituents is 1. The first kappa shape index (κ1) is 20.7. The Labute approximate surface area is 175 Å². The van der Waals surface area contributed by atoms with Crippen LogP contribution >= 0.6 is 23.4 Å². The van der Waals surface area contributed by atoms with Crippen LogP contribution in [0.15, 0.2) is 46.3 Å². The van der Waals surface area contributed by atoms with E-state index in [1.54, 1.807) is 38.2 Å². The van der Waals surface area contributed by atoms with Crippen LogP contribution in [0, 0.1) is 10.1 Å². The Morgan fingerprint density at radius 1 is 1.34 bits per heavy atom. The molecule has 1 N–H and O–H groups in total.